The van der Waals surface area contributed by atoms with Crippen LogP contribution in [-0.2, 0) is 12.8 Å². The van der Waals surface area contributed by atoms with Gasteiger partial charge < -0.3 is 15.2 Å². The summed E-state index contributed by atoms with van der Waals surface area (Å²) in [5.41, 5.74) is 2.44. The van der Waals surface area contributed by atoms with Crippen molar-refractivity contribution in [2.75, 3.05) is 18.7 Å². The number of halogens is 1. The highest BCUT2D eigenvalue weighted by Crippen LogP contribution is 2.33. The number of non-ortho nitro benzene ring substituents is 1. The second-order valence-electron chi connectivity index (χ2n) is 5.04. The summed E-state index contributed by atoms with van der Waals surface area (Å²) in [5.74, 6) is 0.596. The van der Waals surface area contributed by atoms with E-state index in [0.717, 1.165) is 36.8 Å². The maximum Gasteiger partial charge on any atom is 0.273 e. The van der Waals surface area contributed by atoms with Crippen LogP contribution in [0.3, 0.4) is 0 Å². The molecule has 1 aromatic carbocycles. The second kappa shape index (κ2) is 7.72. The Bertz CT molecular complexity index is 510. The van der Waals surface area contributed by atoms with Crippen molar-refractivity contribution in [3.8, 4) is 5.75 Å². The second-order valence-corrected chi connectivity index (χ2v) is 5.50. The molecule has 21 heavy (non-hydrogen) atoms. The quantitative estimate of drug-likeness (QED) is 0.352. The zero-order valence-corrected chi connectivity index (χ0v) is 13.3. The first-order valence-electron chi connectivity index (χ1n) is 6.99. The van der Waals surface area contributed by atoms with Crippen LogP contribution in [0.5, 0.6) is 5.75 Å². The van der Waals surface area contributed by atoms with Gasteiger partial charge in [0.2, 0.25) is 0 Å². The highest BCUT2D eigenvalue weighted by molar-refractivity contribution is 9.09. The van der Waals surface area contributed by atoms with Crippen molar-refractivity contribution in [3.05, 3.63) is 33.4 Å². The van der Waals surface area contributed by atoms with Gasteiger partial charge in [-0.1, -0.05) is 0 Å². The van der Waals surface area contributed by atoms with Crippen LogP contribution in [0, 0.1) is 10.1 Å². The molecule has 1 atom stereocenters. The van der Waals surface area contributed by atoms with Crippen LogP contribution >= 0.6 is 15.9 Å². The Morgan fingerprint density at radius 3 is 2.86 bits per heavy atom. The van der Waals surface area contributed by atoms with E-state index in [2.05, 4.69) is 21.2 Å². The SMILES string of the molecule is O=[N+]([O-])c1cc2c(c(OCBr)c1)CCC(NCCO)CC2. The molecular formula is C14H19BrN2O4. The van der Waals surface area contributed by atoms with Crippen molar-refractivity contribution in [1.82, 2.24) is 5.32 Å². The van der Waals surface area contributed by atoms with Gasteiger partial charge in [0.05, 0.1) is 17.6 Å². The maximum atomic E-state index is 11.0. The average molecular weight is 359 g/mol. The predicted octanol–water partition coefficient (Wildman–Crippen LogP) is 2.16. The minimum Gasteiger partial charge on any atom is -0.482 e. The van der Waals surface area contributed by atoms with Crippen LogP contribution in [0.15, 0.2) is 12.1 Å². The van der Waals surface area contributed by atoms with Crippen LogP contribution in [0.4, 0.5) is 5.69 Å². The molecule has 0 saturated carbocycles. The fourth-order valence-corrected chi connectivity index (χ4v) is 3.00. The molecule has 0 spiro atoms. The summed E-state index contributed by atoms with van der Waals surface area (Å²) in [6.07, 6.45) is 3.43. The molecule has 0 radical (unpaired) electrons. The smallest absolute Gasteiger partial charge is 0.273 e. The highest BCUT2D eigenvalue weighted by Gasteiger charge is 2.22. The van der Waals surface area contributed by atoms with Gasteiger partial charge in [-0.3, -0.25) is 10.1 Å². The molecule has 0 saturated heterocycles. The number of ether oxygens (including phenoxy) is 1. The largest absolute Gasteiger partial charge is 0.482 e. The lowest BCUT2D eigenvalue weighted by Gasteiger charge is -2.15. The van der Waals surface area contributed by atoms with E-state index in [4.69, 9.17) is 9.84 Å². The first-order valence-corrected chi connectivity index (χ1v) is 8.11. The molecule has 1 aliphatic rings. The first-order chi connectivity index (χ1) is 10.2. The van der Waals surface area contributed by atoms with Gasteiger partial charge in [0, 0.05) is 18.7 Å². The predicted molar refractivity (Wildman–Crippen MR) is 83.0 cm³/mol. The lowest BCUT2D eigenvalue weighted by atomic mass is 10.0. The Hall–Kier alpha value is -1.18. The Balaban J connectivity index is 2.24. The Labute approximate surface area is 131 Å². The molecule has 0 fully saturated rings. The third kappa shape index (κ3) is 4.15. The maximum absolute atomic E-state index is 11.0. The van der Waals surface area contributed by atoms with Crippen LogP contribution in [0.2, 0.25) is 0 Å². The van der Waals surface area contributed by atoms with Gasteiger partial charge in [-0.15, -0.1) is 0 Å². The molecule has 2 rings (SSSR count). The fraction of sp³-hybridized carbons (Fsp3) is 0.571. The number of alkyl halides is 1. The monoisotopic (exact) mass is 358 g/mol. The molecule has 0 amide bonds. The Morgan fingerprint density at radius 1 is 1.43 bits per heavy atom. The van der Waals surface area contributed by atoms with Crippen molar-refractivity contribution in [3.63, 3.8) is 0 Å². The van der Waals surface area contributed by atoms with Crippen molar-refractivity contribution in [2.24, 2.45) is 0 Å². The van der Waals surface area contributed by atoms with E-state index < -0.39 is 0 Å². The lowest BCUT2D eigenvalue weighted by molar-refractivity contribution is -0.385. The summed E-state index contributed by atoms with van der Waals surface area (Å²) in [7, 11) is 0. The molecule has 2 N–H and O–H groups in total. The van der Waals surface area contributed by atoms with Gasteiger partial charge in [-0.2, -0.15) is 0 Å². The lowest BCUT2D eigenvalue weighted by Crippen LogP contribution is -2.31. The minimum absolute atomic E-state index is 0.0754. The summed E-state index contributed by atoms with van der Waals surface area (Å²) in [4.78, 5) is 10.7. The standard InChI is InChI=1S/C14H19BrN2O4/c15-9-21-14-8-12(17(19)20)7-10-1-2-11(16-5-6-18)3-4-13(10)14/h7-8,11,16,18H,1-6,9H2. The normalized spacial score (nSPS) is 17.9. The molecule has 6 nitrogen and oxygen atoms in total. The van der Waals surface area contributed by atoms with Gasteiger partial charge in [-0.05, 0) is 52.7 Å². The molecule has 1 unspecified atom stereocenters. The summed E-state index contributed by atoms with van der Waals surface area (Å²) in [6.45, 7) is 0.693. The van der Waals surface area contributed by atoms with Crippen LogP contribution in [0.1, 0.15) is 24.0 Å². The van der Waals surface area contributed by atoms with Gasteiger partial charge in [-0.25, -0.2) is 0 Å². The number of hydrogen-bond donors (Lipinski definition) is 2. The van der Waals surface area contributed by atoms with E-state index in [-0.39, 0.29) is 17.2 Å². The molecule has 116 valence electrons. The molecule has 7 heteroatoms. The van der Waals surface area contributed by atoms with Crippen LogP contribution in [-0.4, -0.2) is 34.7 Å². The van der Waals surface area contributed by atoms with E-state index in [1.54, 1.807) is 6.07 Å². The van der Waals surface area contributed by atoms with E-state index >= 15 is 0 Å². The highest BCUT2D eigenvalue weighted by atomic mass is 79.9. The number of nitro benzene ring substituents is 1. The zero-order valence-electron chi connectivity index (χ0n) is 11.7. The first kappa shape index (κ1) is 16.2. The molecule has 0 bridgehead atoms. The van der Waals surface area contributed by atoms with E-state index in [1.165, 1.54) is 6.07 Å². The molecule has 0 aliphatic heterocycles. The Morgan fingerprint density at radius 2 is 2.19 bits per heavy atom. The van der Waals surface area contributed by atoms with Gasteiger partial charge in [0.1, 0.15) is 11.3 Å². The van der Waals surface area contributed by atoms with Crippen molar-refractivity contribution in [1.29, 1.82) is 0 Å². The fourth-order valence-electron chi connectivity index (χ4n) is 2.75. The third-order valence-electron chi connectivity index (χ3n) is 3.76. The van der Waals surface area contributed by atoms with Gasteiger partial charge in [0.25, 0.3) is 5.69 Å². The van der Waals surface area contributed by atoms with Crippen molar-refractivity contribution >= 4 is 21.6 Å². The van der Waals surface area contributed by atoms with Gasteiger partial charge >= 0.3 is 0 Å². The number of aliphatic hydroxyl groups excluding tert-OH is 1. The molecular weight excluding hydrogens is 340 g/mol. The zero-order chi connectivity index (χ0) is 15.2. The van der Waals surface area contributed by atoms with E-state index in [9.17, 15) is 10.1 Å². The number of aryl methyl sites for hydroxylation is 1. The third-order valence-corrected chi connectivity index (χ3v) is 3.99. The molecule has 0 aromatic heterocycles. The van der Waals surface area contributed by atoms with Crippen molar-refractivity contribution < 1.29 is 14.8 Å². The molecule has 0 heterocycles. The topological polar surface area (TPSA) is 84.6 Å². The average Bonchev–Trinajstić information content (AvgIpc) is 2.68. The van der Waals surface area contributed by atoms with Crippen LogP contribution < -0.4 is 10.1 Å². The number of nitrogens with one attached hydrogen (secondary N) is 1. The Kier molecular flexibility index (Phi) is 5.96. The number of aliphatic hydroxyl groups is 1. The minimum atomic E-state index is -0.381. The summed E-state index contributed by atoms with van der Waals surface area (Å²) in [6, 6.07) is 3.48. The summed E-state index contributed by atoms with van der Waals surface area (Å²) in [5, 5.41) is 23.2. The molecule has 1 aliphatic carbocycles. The number of fused-ring (bicyclic) bond motifs is 1. The van der Waals surface area contributed by atoms with E-state index in [1.807, 2.05) is 0 Å². The number of rotatable bonds is 6. The number of nitro groups is 1. The number of hydrogen-bond acceptors (Lipinski definition) is 5. The van der Waals surface area contributed by atoms with Crippen molar-refractivity contribution in [2.45, 2.75) is 31.7 Å². The summed E-state index contributed by atoms with van der Waals surface area (Å²) >= 11 is 3.21. The number of benzene rings is 1. The summed E-state index contributed by atoms with van der Waals surface area (Å²) < 4.78 is 5.52. The van der Waals surface area contributed by atoms with Gasteiger partial charge in [0.15, 0.2) is 0 Å². The molecule has 1 aromatic rings. The van der Waals surface area contributed by atoms with E-state index in [0.29, 0.717) is 23.9 Å². The van der Waals surface area contributed by atoms with Crippen LogP contribution in [0.25, 0.3) is 0 Å². The number of nitrogens with zero attached hydrogens (tertiary/aromatic N) is 1.